The van der Waals surface area contributed by atoms with Gasteiger partial charge in [0.1, 0.15) is 0 Å². The lowest BCUT2D eigenvalue weighted by Crippen LogP contribution is -2.35. The molecule has 2 heterocycles. The predicted octanol–water partition coefficient (Wildman–Crippen LogP) is -0.231. The summed E-state index contributed by atoms with van der Waals surface area (Å²) in [5.74, 6) is -0.375. The summed E-state index contributed by atoms with van der Waals surface area (Å²) in [6.07, 6.45) is 2.96. The lowest BCUT2D eigenvalue weighted by atomic mass is 10.2. The van der Waals surface area contributed by atoms with Crippen LogP contribution in [0.4, 0.5) is 0 Å². The lowest BCUT2D eigenvalue weighted by Gasteiger charge is -2.09. The summed E-state index contributed by atoms with van der Waals surface area (Å²) < 4.78 is 23.9. The van der Waals surface area contributed by atoms with Gasteiger partial charge in [0.05, 0.1) is 23.6 Å². The number of aromatic nitrogens is 2. The van der Waals surface area contributed by atoms with Crippen LogP contribution in [-0.4, -0.2) is 35.9 Å². The highest BCUT2D eigenvalue weighted by Gasteiger charge is 2.24. The van der Waals surface area contributed by atoms with Crippen molar-refractivity contribution >= 4 is 15.7 Å². The van der Waals surface area contributed by atoms with E-state index in [9.17, 15) is 13.2 Å². The van der Waals surface area contributed by atoms with Crippen LogP contribution in [0.1, 0.15) is 16.1 Å². The highest BCUT2D eigenvalue weighted by molar-refractivity contribution is 7.94. The second kappa shape index (κ2) is 3.99. The van der Waals surface area contributed by atoms with Gasteiger partial charge in [0, 0.05) is 18.1 Å². The zero-order valence-electron chi connectivity index (χ0n) is 9.54. The normalized spacial score (nSPS) is 21.6. The molecule has 1 aromatic rings. The molecule has 17 heavy (non-hydrogen) atoms. The molecule has 1 amide bonds. The summed E-state index contributed by atoms with van der Waals surface area (Å²) in [4.78, 5) is 11.9. The molecule has 1 aliphatic rings. The Morgan fingerprint density at radius 1 is 1.59 bits per heavy atom. The molecule has 1 atom stereocenters. The molecule has 7 heteroatoms. The molecule has 92 valence electrons. The number of carbonyl (C=O) groups excluding carboxylic acids is 1. The summed E-state index contributed by atoms with van der Waals surface area (Å²) in [5, 5.41) is 7.74. The molecule has 1 aromatic heterocycles. The summed E-state index contributed by atoms with van der Waals surface area (Å²) in [7, 11) is -1.40. The van der Waals surface area contributed by atoms with E-state index >= 15 is 0 Å². The number of sulfone groups is 1. The smallest absolute Gasteiger partial charge is 0.255 e. The maximum atomic E-state index is 11.9. The largest absolute Gasteiger partial charge is 0.345 e. The van der Waals surface area contributed by atoms with E-state index in [4.69, 9.17) is 0 Å². The van der Waals surface area contributed by atoms with Gasteiger partial charge in [0.15, 0.2) is 9.84 Å². The number of rotatable bonds is 2. The number of hydrogen-bond acceptors (Lipinski definition) is 4. The number of amides is 1. The van der Waals surface area contributed by atoms with E-state index in [1.165, 1.54) is 12.3 Å². The van der Waals surface area contributed by atoms with Gasteiger partial charge in [-0.25, -0.2) is 8.42 Å². The molecule has 2 rings (SSSR count). The molecule has 0 bridgehead atoms. The highest BCUT2D eigenvalue weighted by atomic mass is 32.2. The van der Waals surface area contributed by atoms with Gasteiger partial charge in [-0.05, 0) is 13.0 Å². The Morgan fingerprint density at radius 2 is 2.29 bits per heavy atom. The van der Waals surface area contributed by atoms with Gasteiger partial charge in [-0.15, -0.1) is 0 Å². The van der Waals surface area contributed by atoms with Gasteiger partial charge in [-0.1, -0.05) is 0 Å². The van der Waals surface area contributed by atoms with Crippen molar-refractivity contribution in [2.45, 2.75) is 13.0 Å². The first-order valence-electron chi connectivity index (χ1n) is 5.09. The Kier molecular flexibility index (Phi) is 2.78. The van der Waals surface area contributed by atoms with E-state index in [-0.39, 0.29) is 11.7 Å². The summed E-state index contributed by atoms with van der Waals surface area (Å²) in [5.41, 5.74) is 1.21. The lowest BCUT2D eigenvalue weighted by molar-refractivity contribution is 0.0947. The third-order valence-electron chi connectivity index (χ3n) is 2.73. The van der Waals surface area contributed by atoms with Crippen LogP contribution >= 0.6 is 0 Å². The molecule has 0 fully saturated rings. The third kappa shape index (κ3) is 2.38. The second-order valence-corrected chi connectivity index (χ2v) is 5.94. The SMILES string of the molecule is Cc1c(C(=O)NC2C=CS(=O)(=O)C2)cnn1C. The quantitative estimate of drug-likeness (QED) is 0.791. The molecule has 1 N–H and O–H groups in total. The van der Waals surface area contributed by atoms with Crippen LogP contribution in [0.2, 0.25) is 0 Å². The van der Waals surface area contributed by atoms with Crippen molar-refractivity contribution in [1.29, 1.82) is 0 Å². The third-order valence-corrected chi connectivity index (χ3v) is 4.12. The number of carbonyl (C=O) groups is 1. The molecule has 0 radical (unpaired) electrons. The predicted molar refractivity (Wildman–Crippen MR) is 62.1 cm³/mol. The van der Waals surface area contributed by atoms with Gasteiger partial charge in [-0.3, -0.25) is 9.48 Å². The average molecular weight is 255 g/mol. The van der Waals surface area contributed by atoms with Crippen molar-refractivity contribution in [3.8, 4) is 0 Å². The van der Waals surface area contributed by atoms with E-state index in [0.717, 1.165) is 11.1 Å². The van der Waals surface area contributed by atoms with Crippen molar-refractivity contribution in [2.24, 2.45) is 7.05 Å². The van der Waals surface area contributed by atoms with Crippen molar-refractivity contribution in [2.75, 3.05) is 5.75 Å². The fourth-order valence-electron chi connectivity index (χ4n) is 1.63. The van der Waals surface area contributed by atoms with Gasteiger partial charge in [0.25, 0.3) is 5.91 Å². The maximum Gasteiger partial charge on any atom is 0.255 e. The minimum absolute atomic E-state index is 0.0714. The van der Waals surface area contributed by atoms with Crippen molar-refractivity contribution in [3.05, 3.63) is 28.9 Å². The molecule has 0 aliphatic carbocycles. The summed E-state index contributed by atoms with van der Waals surface area (Å²) in [6.45, 7) is 1.78. The minimum Gasteiger partial charge on any atom is -0.345 e. The first-order valence-corrected chi connectivity index (χ1v) is 6.81. The molecule has 1 aliphatic heterocycles. The monoisotopic (exact) mass is 255 g/mol. The fourth-order valence-corrected chi connectivity index (χ4v) is 2.87. The first kappa shape index (κ1) is 11.8. The van der Waals surface area contributed by atoms with Crippen LogP contribution in [0.5, 0.6) is 0 Å². The first-order chi connectivity index (χ1) is 7.89. The zero-order chi connectivity index (χ0) is 12.6. The summed E-state index contributed by atoms with van der Waals surface area (Å²) >= 11 is 0. The molecule has 6 nitrogen and oxygen atoms in total. The Hall–Kier alpha value is -1.63. The molecule has 0 saturated carbocycles. The highest BCUT2D eigenvalue weighted by Crippen LogP contribution is 2.10. The van der Waals surface area contributed by atoms with Crippen molar-refractivity contribution in [1.82, 2.24) is 15.1 Å². The number of nitrogens with zero attached hydrogens (tertiary/aromatic N) is 2. The van der Waals surface area contributed by atoms with Crippen LogP contribution < -0.4 is 5.32 Å². The second-order valence-electron chi connectivity index (χ2n) is 4.01. The van der Waals surface area contributed by atoms with Crippen LogP contribution in [0.3, 0.4) is 0 Å². The van der Waals surface area contributed by atoms with Gasteiger partial charge >= 0.3 is 0 Å². The van der Waals surface area contributed by atoms with E-state index in [0.29, 0.717) is 5.56 Å². The molecular weight excluding hydrogens is 242 g/mol. The number of nitrogens with one attached hydrogen (secondary N) is 1. The summed E-state index contributed by atoms with van der Waals surface area (Å²) in [6, 6.07) is -0.452. The van der Waals surface area contributed by atoms with Crippen LogP contribution in [0.25, 0.3) is 0 Å². The van der Waals surface area contributed by atoms with Gasteiger partial charge in [-0.2, -0.15) is 5.10 Å². The molecule has 1 unspecified atom stereocenters. The zero-order valence-corrected chi connectivity index (χ0v) is 10.4. The Morgan fingerprint density at radius 3 is 2.76 bits per heavy atom. The minimum atomic E-state index is -3.14. The van der Waals surface area contributed by atoms with Crippen LogP contribution in [-0.2, 0) is 16.9 Å². The van der Waals surface area contributed by atoms with Gasteiger partial charge < -0.3 is 5.32 Å². The van der Waals surface area contributed by atoms with E-state index < -0.39 is 15.9 Å². The van der Waals surface area contributed by atoms with Gasteiger partial charge in [0.2, 0.25) is 0 Å². The molecule has 0 saturated heterocycles. The van der Waals surface area contributed by atoms with Crippen molar-refractivity contribution < 1.29 is 13.2 Å². The average Bonchev–Trinajstić information content (AvgIpc) is 2.72. The maximum absolute atomic E-state index is 11.9. The Labute approximate surface area is 99.2 Å². The molecular formula is C10H13N3O3S. The molecule has 0 aromatic carbocycles. The van der Waals surface area contributed by atoms with Crippen LogP contribution in [0, 0.1) is 6.92 Å². The van der Waals surface area contributed by atoms with Crippen LogP contribution in [0.15, 0.2) is 17.7 Å². The van der Waals surface area contributed by atoms with Crippen molar-refractivity contribution in [3.63, 3.8) is 0 Å². The number of hydrogen-bond donors (Lipinski definition) is 1. The Balaban J connectivity index is 2.09. The van der Waals surface area contributed by atoms with E-state index in [1.54, 1.807) is 18.7 Å². The van der Waals surface area contributed by atoms with E-state index in [2.05, 4.69) is 10.4 Å². The molecule has 0 spiro atoms. The fraction of sp³-hybridized carbons (Fsp3) is 0.400. The van der Waals surface area contributed by atoms with E-state index in [1.807, 2.05) is 0 Å². The topological polar surface area (TPSA) is 81.1 Å². The number of aryl methyl sites for hydroxylation is 1. The Bertz CT molecular complexity index is 586. The standard InChI is InChI=1S/C10H13N3O3S/c1-7-9(5-11-13(7)2)10(14)12-8-3-4-17(15,16)6-8/h3-5,8H,6H2,1-2H3,(H,12,14).